The number of carbonyl (C=O) groups excluding carboxylic acids is 1. The van der Waals surface area contributed by atoms with E-state index >= 15 is 0 Å². The van der Waals surface area contributed by atoms with Gasteiger partial charge < -0.3 is 11.1 Å². The van der Waals surface area contributed by atoms with Gasteiger partial charge in [0.15, 0.2) is 0 Å². The van der Waals surface area contributed by atoms with Crippen molar-refractivity contribution in [1.82, 2.24) is 9.97 Å². The van der Waals surface area contributed by atoms with Crippen molar-refractivity contribution < 1.29 is 18.0 Å². The van der Waals surface area contributed by atoms with Crippen LogP contribution in [0, 0.1) is 13.8 Å². The average molecular weight is 448 g/mol. The molecular weight excluding hydrogens is 433 g/mol. The highest BCUT2D eigenvalue weighted by Crippen LogP contribution is 2.44. The van der Waals surface area contributed by atoms with Gasteiger partial charge in [0, 0.05) is 17.1 Å². The summed E-state index contributed by atoms with van der Waals surface area (Å²) in [4.78, 5) is 23.1. The van der Waals surface area contributed by atoms with Gasteiger partial charge in [-0.15, -0.1) is 22.7 Å². The number of pyridine rings is 1. The Labute approximate surface area is 177 Å². The maximum atomic E-state index is 13.4. The number of nitrogens with one attached hydrogen (secondary N) is 1. The van der Waals surface area contributed by atoms with Gasteiger partial charge in [-0.3, -0.25) is 4.79 Å². The van der Waals surface area contributed by atoms with Crippen LogP contribution in [0.4, 0.5) is 24.5 Å². The Hall–Kier alpha value is -2.98. The SMILES string of the molecule is Cc1nc(C)c(-c2ccc(C(F)(F)F)c(N)c2NC(=O)c2cc3cccnc3s2)s1. The topological polar surface area (TPSA) is 80.9 Å². The Bertz CT molecular complexity index is 1240. The van der Waals surface area contributed by atoms with Gasteiger partial charge in [0.2, 0.25) is 0 Å². The van der Waals surface area contributed by atoms with Gasteiger partial charge in [-0.1, -0.05) is 12.1 Å². The number of nitrogens with two attached hydrogens (primary N) is 1. The van der Waals surface area contributed by atoms with Crippen LogP contribution in [0.3, 0.4) is 0 Å². The van der Waals surface area contributed by atoms with Crippen molar-refractivity contribution in [3.8, 4) is 10.4 Å². The summed E-state index contributed by atoms with van der Waals surface area (Å²) in [6, 6.07) is 7.45. The number of alkyl halides is 3. The van der Waals surface area contributed by atoms with E-state index in [4.69, 9.17) is 5.73 Å². The molecule has 5 nitrogen and oxygen atoms in total. The lowest BCUT2D eigenvalue weighted by molar-refractivity contribution is -0.136. The largest absolute Gasteiger partial charge is 0.418 e. The fourth-order valence-electron chi connectivity index (χ4n) is 3.13. The Morgan fingerprint density at radius 1 is 1.17 bits per heavy atom. The molecule has 0 unspecified atom stereocenters. The maximum absolute atomic E-state index is 13.4. The second-order valence-electron chi connectivity index (χ2n) is 6.56. The zero-order chi connectivity index (χ0) is 21.6. The summed E-state index contributed by atoms with van der Waals surface area (Å²) in [6.07, 6.45) is -3.04. The van der Waals surface area contributed by atoms with Gasteiger partial charge in [-0.05, 0) is 32.0 Å². The molecule has 30 heavy (non-hydrogen) atoms. The lowest BCUT2D eigenvalue weighted by Crippen LogP contribution is -2.16. The quantitative estimate of drug-likeness (QED) is 0.383. The maximum Gasteiger partial charge on any atom is 0.418 e. The zero-order valence-corrected chi connectivity index (χ0v) is 17.4. The van der Waals surface area contributed by atoms with E-state index < -0.39 is 23.3 Å². The van der Waals surface area contributed by atoms with Gasteiger partial charge in [0.05, 0.1) is 37.4 Å². The van der Waals surface area contributed by atoms with Crippen molar-refractivity contribution in [3.05, 3.63) is 57.7 Å². The minimum atomic E-state index is -4.65. The fourth-order valence-corrected chi connectivity index (χ4v) is 4.98. The smallest absolute Gasteiger partial charge is 0.397 e. The highest BCUT2D eigenvalue weighted by Gasteiger charge is 2.35. The number of hydrogen-bond donors (Lipinski definition) is 2. The average Bonchev–Trinajstić information content (AvgIpc) is 3.24. The lowest BCUT2D eigenvalue weighted by atomic mass is 10.0. The van der Waals surface area contributed by atoms with Crippen molar-refractivity contribution in [2.24, 2.45) is 0 Å². The van der Waals surface area contributed by atoms with Crippen molar-refractivity contribution in [2.45, 2.75) is 20.0 Å². The van der Waals surface area contributed by atoms with Crippen LogP contribution >= 0.6 is 22.7 Å². The molecule has 0 saturated heterocycles. The Morgan fingerprint density at radius 2 is 1.93 bits per heavy atom. The van der Waals surface area contributed by atoms with E-state index in [1.54, 1.807) is 32.2 Å². The molecule has 0 aliphatic rings. The van der Waals surface area contributed by atoms with E-state index in [1.807, 2.05) is 6.07 Å². The first-order valence-electron chi connectivity index (χ1n) is 8.75. The molecule has 1 amide bonds. The Kier molecular flexibility index (Phi) is 4.99. The summed E-state index contributed by atoms with van der Waals surface area (Å²) in [7, 11) is 0. The molecule has 10 heteroatoms. The molecule has 4 aromatic rings. The molecule has 0 atom stereocenters. The molecule has 3 heterocycles. The van der Waals surface area contributed by atoms with Crippen LogP contribution in [-0.4, -0.2) is 15.9 Å². The number of rotatable bonds is 3. The van der Waals surface area contributed by atoms with Crippen molar-refractivity contribution in [2.75, 3.05) is 11.1 Å². The number of aryl methyl sites for hydroxylation is 2. The third kappa shape index (κ3) is 3.63. The first kappa shape index (κ1) is 20.3. The molecule has 3 aromatic heterocycles. The molecule has 0 aliphatic carbocycles. The molecule has 0 radical (unpaired) electrons. The van der Waals surface area contributed by atoms with Gasteiger partial charge in [0.25, 0.3) is 5.91 Å². The van der Waals surface area contributed by atoms with Crippen LogP contribution in [-0.2, 0) is 6.18 Å². The number of anilines is 2. The Balaban J connectivity index is 1.83. The van der Waals surface area contributed by atoms with E-state index in [0.717, 1.165) is 27.8 Å². The predicted molar refractivity (Wildman–Crippen MR) is 114 cm³/mol. The minimum Gasteiger partial charge on any atom is -0.397 e. The summed E-state index contributed by atoms with van der Waals surface area (Å²) >= 11 is 2.48. The number of carbonyl (C=O) groups is 1. The number of benzene rings is 1. The van der Waals surface area contributed by atoms with Crippen LogP contribution in [0.5, 0.6) is 0 Å². The zero-order valence-electron chi connectivity index (χ0n) is 15.8. The van der Waals surface area contributed by atoms with E-state index in [1.165, 1.54) is 17.4 Å². The molecule has 0 aliphatic heterocycles. The molecule has 154 valence electrons. The van der Waals surface area contributed by atoms with Crippen LogP contribution in [0.15, 0.2) is 36.5 Å². The number of aromatic nitrogens is 2. The van der Waals surface area contributed by atoms with Gasteiger partial charge >= 0.3 is 6.18 Å². The second kappa shape index (κ2) is 7.37. The number of nitrogen functional groups attached to an aromatic ring is 1. The third-order valence-corrected chi connectivity index (χ3v) is 6.62. The standard InChI is InChI=1S/C20H15F3N4OS2/c1-9-17(29-10(2)26-9)12-5-6-13(20(21,22)23)15(24)16(12)27-18(28)14-8-11-4-3-7-25-19(11)30-14/h3-8H,24H2,1-2H3,(H,27,28). The number of halogens is 3. The number of fused-ring (bicyclic) bond motifs is 1. The van der Waals surface area contributed by atoms with Crippen molar-refractivity contribution >= 4 is 50.2 Å². The summed E-state index contributed by atoms with van der Waals surface area (Å²) in [5.74, 6) is -0.552. The highest BCUT2D eigenvalue weighted by molar-refractivity contribution is 7.20. The van der Waals surface area contributed by atoms with Crippen molar-refractivity contribution in [3.63, 3.8) is 0 Å². The molecule has 0 spiro atoms. The number of nitrogens with zero attached hydrogens (tertiary/aromatic N) is 2. The highest BCUT2D eigenvalue weighted by atomic mass is 32.1. The van der Waals surface area contributed by atoms with E-state index in [2.05, 4.69) is 15.3 Å². The molecular formula is C20H15F3N4OS2. The molecule has 0 bridgehead atoms. The van der Waals surface area contributed by atoms with Crippen molar-refractivity contribution in [1.29, 1.82) is 0 Å². The molecule has 3 N–H and O–H groups in total. The fraction of sp³-hybridized carbons (Fsp3) is 0.150. The number of hydrogen-bond acceptors (Lipinski definition) is 6. The molecule has 0 fully saturated rings. The Morgan fingerprint density at radius 3 is 2.57 bits per heavy atom. The number of thiophene rings is 1. The van der Waals surface area contributed by atoms with Crippen LogP contribution in [0.1, 0.15) is 25.9 Å². The molecule has 4 rings (SSSR count). The normalized spacial score (nSPS) is 11.8. The van der Waals surface area contributed by atoms with Gasteiger partial charge in [-0.25, -0.2) is 9.97 Å². The monoisotopic (exact) mass is 448 g/mol. The van der Waals surface area contributed by atoms with Crippen LogP contribution in [0.25, 0.3) is 20.7 Å². The van der Waals surface area contributed by atoms with E-state index in [-0.39, 0.29) is 5.69 Å². The van der Waals surface area contributed by atoms with Gasteiger partial charge in [-0.2, -0.15) is 13.2 Å². The second-order valence-corrected chi connectivity index (χ2v) is 8.79. The third-order valence-electron chi connectivity index (χ3n) is 4.46. The summed E-state index contributed by atoms with van der Waals surface area (Å²) in [6.45, 7) is 3.56. The van der Waals surface area contributed by atoms with Crippen LogP contribution < -0.4 is 11.1 Å². The summed E-state index contributed by atoms with van der Waals surface area (Å²) in [5.41, 5.74) is 5.35. The number of thiazole rings is 1. The summed E-state index contributed by atoms with van der Waals surface area (Å²) in [5, 5.41) is 4.14. The number of amides is 1. The first-order valence-corrected chi connectivity index (χ1v) is 10.4. The van der Waals surface area contributed by atoms with E-state index in [9.17, 15) is 18.0 Å². The minimum absolute atomic E-state index is 0.0769. The van der Waals surface area contributed by atoms with Gasteiger partial charge in [0.1, 0.15) is 4.83 Å². The lowest BCUT2D eigenvalue weighted by Gasteiger charge is -2.18. The first-order chi connectivity index (χ1) is 14.1. The van der Waals surface area contributed by atoms with Crippen LogP contribution in [0.2, 0.25) is 0 Å². The molecule has 1 aromatic carbocycles. The van der Waals surface area contributed by atoms with E-state index in [0.29, 0.717) is 25.8 Å². The summed E-state index contributed by atoms with van der Waals surface area (Å²) < 4.78 is 40.3. The predicted octanol–water partition coefficient (Wildman–Crippen LogP) is 5.89. The molecule has 0 saturated carbocycles.